The van der Waals surface area contributed by atoms with Gasteiger partial charge in [0.15, 0.2) is 0 Å². The molecule has 1 aromatic carbocycles. The van der Waals surface area contributed by atoms with Crippen LogP contribution in [-0.2, 0) is 0 Å². The summed E-state index contributed by atoms with van der Waals surface area (Å²) in [5.41, 5.74) is 8.77. The highest BCUT2D eigenvalue weighted by atomic mass is 32.2. The maximum Gasteiger partial charge on any atom is 0.121 e. The summed E-state index contributed by atoms with van der Waals surface area (Å²) in [6.07, 6.45) is 0.980. The van der Waals surface area contributed by atoms with Crippen LogP contribution in [0.2, 0.25) is 0 Å². The summed E-state index contributed by atoms with van der Waals surface area (Å²) in [6.45, 7) is 4.82. The summed E-state index contributed by atoms with van der Waals surface area (Å²) in [6, 6.07) is 11.7. The second-order valence-corrected chi connectivity index (χ2v) is 5.86. The first-order chi connectivity index (χ1) is 9.63. The van der Waals surface area contributed by atoms with Gasteiger partial charge >= 0.3 is 0 Å². The predicted molar refractivity (Wildman–Crippen MR) is 85.4 cm³/mol. The number of hydrogen-bond acceptors (Lipinski definition) is 4. The molecular weight excluding hydrogens is 268 g/mol. The summed E-state index contributed by atoms with van der Waals surface area (Å²) in [4.78, 5) is 4.51. The Labute approximate surface area is 124 Å². The summed E-state index contributed by atoms with van der Waals surface area (Å²) in [5, 5.41) is 1.09. The number of hydrogen-bond donors (Lipinski definition) is 1. The van der Waals surface area contributed by atoms with Crippen molar-refractivity contribution < 1.29 is 4.74 Å². The average molecular weight is 288 g/mol. The molecule has 0 amide bonds. The zero-order valence-electron chi connectivity index (χ0n) is 11.9. The third-order valence-electron chi connectivity index (χ3n) is 2.74. The molecule has 106 valence electrons. The molecule has 2 rings (SSSR count). The van der Waals surface area contributed by atoms with Gasteiger partial charge in [0.25, 0.3) is 0 Å². The number of aromatic nitrogens is 1. The standard InChI is InChI=1S/C16H20N2OS/c1-12-9-13(2)18-16(10-12)20-8-4-7-19-15-6-3-5-14(17)11-15/h3,5-6,9-11H,4,7-8,17H2,1-2H3. The fourth-order valence-corrected chi connectivity index (χ4v) is 2.86. The van der Waals surface area contributed by atoms with Gasteiger partial charge in [-0.2, -0.15) is 0 Å². The molecule has 0 unspecified atom stereocenters. The average Bonchev–Trinajstić information content (AvgIpc) is 2.37. The van der Waals surface area contributed by atoms with E-state index in [-0.39, 0.29) is 0 Å². The lowest BCUT2D eigenvalue weighted by Gasteiger charge is -2.07. The number of thioether (sulfide) groups is 1. The van der Waals surface area contributed by atoms with Crippen molar-refractivity contribution in [2.45, 2.75) is 25.3 Å². The van der Waals surface area contributed by atoms with Gasteiger partial charge in [-0.25, -0.2) is 4.98 Å². The van der Waals surface area contributed by atoms with Gasteiger partial charge in [-0.05, 0) is 50.1 Å². The molecule has 4 heteroatoms. The molecule has 1 aromatic heterocycles. The Kier molecular flexibility index (Phi) is 5.30. The molecule has 0 aliphatic carbocycles. The second-order valence-electron chi connectivity index (χ2n) is 4.75. The lowest BCUT2D eigenvalue weighted by atomic mass is 10.3. The third kappa shape index (κ3) is 4.78. The van der Waals surface area contributed by atoms with Gasteiger partial charge in [0.05, 0.1) is 11.6 Å². The fourth-order valence-electron chi connectivity index (χ4n) is 1.91. The van der Waals surface area contributed by atoms with E-state index in [0.29, 0.717) is 6.61 Å². The van der Waals surface area contributed by atoms with Crippen molar-refractivity contribution in [3.05, 3.63) is 47.7 Å². The molecule has 1 heterocycles. The molecule has 0 atom stereocenters. The number of ether oxygens (including phenoxy) is 1. The van der Waals surface area contributed by atoms with E-state index in [4.69, 9.17) is 10.5 Å². The van der Waals surface area contributed by atoms with E-state index in [9.17, 15) is 0 Å². The van der Waals surface area contributed by atoms with E-state index in [0.717, 1.165) is 34.3 Å². The van der Waals surface area contributed by atoms with E-state index in [1.54, 1.807) is 11.8 Å². The van der Waals surface area contributed by atoms with Gasteiger partial charge in [0.2, 0.25) is 0 Å². The monoisotopic (exact) mass is 288 g/mol. The quantitative estimate of drug-likeness (QED) is 0.498. The van der Waals surface area contributed by atoms with Gasteiger partial charge in [-0.15, -0.1) is 11.8 Å². The molecule has 2 N–H and O–H groups in total. The Bertz CT molecular complexity index is 552. The van der Waals surface area contributed by atoms with Crippen molar-refractivity contribution in [1.82, 2.24) is 4.98 Å². The van der Waals surface area contributed by atoms with Crippen molar-refractivity contribution >= 4 is 17.4 Å². The van der Waals surface area contributed by atoms with E-state index in [2.05, 4.69) is 24.0 Å². The first-order valence-corrected chi connectivity index (χ1v) is 7.68. The first kappa shape index (κ1) is 14.7. The van der Waals surface area contributed by atoms with Crippen LogP contribution in [0.15, 0.2) is 41.4 Å². The number of anilines is 1. The predicted octanol–water partition coefficient (Wildman–Crippen LogP) is 3.84. The Morgan fingerprint density at radius 3 is 2.80 bits per heavy atom. The van der Waals surface area contributed by atoms with E-state index >= 15 is 0 Å². The third-order valence-corrected chi connectivity index (χ3v) is 3.74. The van der Waals surface area contributed by atoms with E-state index in [1.807, 2.05) is 31.2 Å². The number of nitrogen functional groups attached to an aromatic ring is 1. The highest BCUT2D eigenvalue weighted by Crippen LogP contribution is 2.19. The van der Waals surface area contributed by atoms with Gasteiger partial charge in [-0.1, -0.05) is 6.07 Å². The van der Waals surface area contributed by atoms with Crippen LogP contribution in [0.3, 0.4) is 0 Å². The number of nitrogens with two attached hydrogens (primary N) is 1. The fraction of sp³-hybridized carbons (Fsp3) is 0.312. The number of nitrogens with zero attached hydrogens (tertiary/aromatic N) is 1. The molecule has 0 aliphatic rings. The minimum absolute atomic E-state index is 0.696. The molecule has 0 radical (unpaired) electrons. The molecule has 0 aliphatic heterocycles. The van der Waals surface area contributed by atoms with Crippen molar-refractivity contribution in [2.24, 2.45) is 0 Å². The van der Waals surface area contributed by atoms with Gasteiger partial charge in [0, 0.05) is 23.2 Å². The summed E-state index contributed by atoms with van der Waals surface area (Å²) in [7, 11) is 0. The Morgan fingerprint density at radius 2 is 2.05 bits per heavy atom. The van der Waals surface area contributed by atoms with E-state index in [1.165, 1.54) is 5.56 Å². The van der Waals surface area contributed by atoms with Gasteiger partial charge < -0.3 is 10.5 Å². The van der Waals surface area contributed by atoms with Gasteiger partial charge in [-0.3, -0.25) is 0 Å². The molecule has 20 heavy (non-hydrogen) atoms. The van der Waals surface area contributed by atoms with Crippen molar-refractivity contribution in [2.75, 3.05) is 18.1 Å². The summed E-state index contributed by atoms with van der Waals surface area (Å²) in [5.74, 6) is 1.83. The van der Waals surface area contributed by atoms with Crippen LogP contribution in [0.25, 0.3) is 0 Å². The summed E-state index contributed by atoms with van der Waals surface area (Å²) >= 11 is 1.77. The maximum absolute atomic E-state index is 5.70. The van der Waals surface area contributed by atoms with Crippen LogP contribution in [0.1, 0.15) is 17.7 Å². The Balaban J connectivity index is 1.71. The SMILES string of the molecule is Cc1cc(C)nc(SCCCOc2cccc(N)c2)c1. The molecule has 2 aromatic rings. The Hall–Kier alpha value is -1.68. The van der Waals surface area contributed by atoms with Crippen LogP contribution in [-0.4, -0.2) is 17.3 Å². The maximum atomic E-state index is 5.70. The van der Waals surface area contributed by atoms with Crippen molar-refractivity contribution in [3.63, 3.8) is 0 Å². The van der Waals surface area contributed by atoms with E-state index < -0.39 is 0 Å². The Morgan fingerprint density at radius 1 is 1.20 bits per heavy atom. The molecule has 0 fully saturated rings. The minimum Gasteiger partial charge on any atom is -0.493 e. The van der Waals surface area contributed by atoms with Crippen molar-refractivity contribution in [3.8, 4) is 5.75 Å². The lowest BCUT2D eigenvalue weighted by molar-refractivity contribution is 0.319. The number of rotatable bonds is 6. The van der Waals surface area contributed by atoms with Gasteiger partial charge in [0.1, 0.15) is 5.75 Å². The van der Waals surface area contributed by atoms with Crippen LogP contribution < -0.4 is 10.5 Å². The van der Waals surface area contributed by atoms with Crippen LogP contribution in [0.5, 0.6) is 5.75 Å². The topological polar surface area (TPSA) is 48.1 Å². The highest BCUT2D eigenvalue weighted by Gasteiger charge is 1.99. The van der Waals surface area contributed by atoms with Crippen LogP contribution in [0.4, 0.5) is 5.69 Å². The number of pyridine rings is 1. The first-order valence-electron chi connectivity index (χ1n) is 6.70. The van der Waals surface area contributed by atoms with Crippen molar-refractivity contribution in [1.29, 1.82) is 0 Å². The largest absolute Gasteiger partial charge is 0.493 e. The molecule has 0 saturated carbocycles. The second kappa shape index (κ2) is 7.20. The highest BCUT2D eigenvalue weighted by molar-refractivity contribution is 7.99. The number of aryl methyl sites for hydroxylation is 2. The molecule has 0 saturated heterocycles. The summed E-state index contributed by atoms with van der Waals surface area (Å²) < 4.78 is 5.66. The zero-order valence-corrected chi connectivity index (χ0v) is 12.7. The van der Waals surface area contributed by atoms with Crippen LogP contribution >= 0.6 is 11.8 Å². The molecule has 3 nitrogen and oxygen atoms in total. The zero-order chi connectivity index (χ0) is 14.4. The lowest BCUT2D eigenvalue weighted by Crippen LogP contribution is -1.99. The smallest absolute Gasteiger partial charge is 0.121 e. The normalized spacial score (nSPS) is 10.5. The molecule has 0 bridgehead atoms. The minimum atomic E-state index is 0.696. The molecular formula is C16H20N2OS. The molecule has 0 spiro atoms. The van der Waals surface area contributed by atoms with Crippen LogP contribution in [0, 0.1) is 13.8 Å². The number of benzene rings is 1.